The van der Waals surface area contributed by atoms with Crippen LogP contribution in [0.4, 0.5) is 9.59 Å². The van der Waals surface area contributed by atoms with Crippen LogP contribution in [-0.4, -0.2) is 67.3 Å². The summed E-state index contributed by atoms with van der Waals surface area (Å²) < 4.78 is 10.2. The van der Waals surface area contributed by atoms with Crippen LogP contribution in [0.25, 0.3) is 0 Å². The summed E-state index contributed by atoms with van der Waals surface area (Å²) in [5.41, 5.74) is 7.56. The second-order valence-electron chi connectivity index (χ2n) is 9.68. The van der Waals surface area contributed by atoms with Gasteiger partial charge in [0.05, 0.1) is 11.1 Å². The zero-order valence-corrected chi connectivity index (χ0v) is 21.4. The first-order valence-corrected chi connectivity index (χ1v) is 10.7. The Morgan fingerprint density at radius 3 is 1.69 bits per heavy atom. The van der Waals surface area contributed by atoms with E-state index in [1.165, 1.54) is 0 Å². The molecule has 5 N–H and O–H groups in total. The average molecular weight is 498 g/mol. The van der Waals surface area contributed by atoms with Gasteiger partial charge in [0.1, 0.15) is 11.2 Å². The lowest BCUT2D eigenvalue weighted by molar-refractivity contribution is 0.0276. The largest absolute Gasteiger partial charge is 0.442 e. The normalized spacial score (nSPS) is 11.3. The minimum Gasteiger partial charge on any atom is -0.442 e. The Kier molecular flexibility index (Phi) is 10.1. The minimum atomic E-state index is -0.944. The first-order chi connectivity index (χ1) is 16.0. The topological polar surface area (TPSA) is 171 Å². The summed E-state index contributed by atoms with van der Waals surface area (Å²) in [5.74, 6) is -2.01. The van der Waals surface area contributed by atoms with Gasteiger partial charge in [-0.1, -0.05) is 0 Å². The number of rotatable bonds is 9. The maximum atomic E-state index is 12.8. The highest BCUT2D eigenvalue weighted by Crippen LogP contribution is 2.29. The Balaban J connectivity index is 3.26. The van der Waals surface area contributed by atoms with Gasteiger partial charge in [0.15, 0.2) is 11.5 Å². The standard InChI is InChI=1S/C22H35N5O8/c1-21(2,3)32-19(30)25-34-15-12-16(35-26-20(31)33-22(4,5)6)14(11-13(15)17(23)28)18(29)24-9-10-27(7)8/h11-12H,9-10H2,1-8H3,(H2,23,28)(H,24,29)(H,25,30)(H,26,31). The quantitative estimate of drug-likeness (QED) is 0.371. The highest BCUT2D eigenvalue weighted by Gasteiger charge is 2.24. The third kappa shape index (κ3) is 11.3. The van der Waals surface area contributed by atoms with Gasteiger partial charge < -0.3 is 35.1 Å². The Labute approximate surface area is 204 Å². The molecule has 0 heterocycles. The number of likely N-dealkylation sites (N-methyl/N-ethyl adjacent to an activating group) is 1. The van der Waals surface area contributed by atoms with Crippen LogP contribution in [0.5, 0.6) is 11.5 Å². The van der Waals surface area contributed by atoms with Crippen molar-refractivity contribution in [3.05, 3.63) is 23.3 Å². The van der Waals surface area contributed by atoms with Crippen molar-refractivity contribution in [3.8, 4) is 11.5 Å². The molecule has 13 nitrogen and oxygen atoms in total. The van der Waals surface area contributed by atoms with E-state index in [9.17, 15) is 19.2 Å². The van der Waals surface area contributed by atoms with E-state index in [0.29, 0.717) is 6.54 Å². The molecule has 0 radical (unpaired) electrons. The van der Waals surface area contributed by atoms with Gasteiger partial charge in [-0.3, -0.25) is 9.59 Å². The summed E-state index contributed by atoms with van der Waals surface area (Å²) in [6.07, 6.45) is -1.86. The van der Waals surface area contributed by atoms with Crippen molar-refractivity contribution in [2.75, 3.05) is 27.2 Å². The van der Waals surface area contributed by atoms with Crippen LogP contribution < -0.4 is 31.7 Å². The minimum absolute atomic E-state index is 0.127. The van der Waals surface area contributed by atoms with E-state index >= 15 is 0 Å². The number of hydroxylamine groups is 2. The van der Waals surface area contributed by atoms with Gasteiger partial charge in [-0.15, -0.1) is 0 Å². The first-order valence-electron chi connectivity index (χ1n) is 10.7. The van der Waals surface area contributed by atoms with Crippen molar-refractivity contribution in [3.63, 3.8) is 0 Å². The van der Waals surface area contributed by atoms with Crippen molar-refractivity contribution >= 4 is 24.0 Å². The molecule has 0 fully saturated rings. The van der Waals surface area contributed by atoms with Crippen LogP contribution in [-0.2, 0) is 9.47 Å². The van der Waals surface area contributed by atoms with Crippen LogP contribution in [0.3, 0.4) is 0 Å². The summed E-state index contributed by atoms with van der Waals surface area (Å²) >= 11 is 0. The number of benzene rings is 1. The molecule has 196 valence electrons. The predicted molar refractivity (Wildman–Crippen MR) is 126 cm³/mol. The fourth-order valence-corrected chi connectivity index (χ4v) is 2.38. The molecule has 1 aromatic rings. The number of nitrogens with one attached hydrogen (secondary N) is 3. The van der Waals surface area contributed by atoms with Crippen LogP contribution in [0.15, 0.2) is 12.1 Å². The molecule has 13 heteroatoms. The van der Waals surface area contributed by atoms with Gasteiger partial charge in [0.25, 0.3) is 11.8 Å². The smallest absolute Gasteiger partial charge is 0.441 e. The van der Waals surface area contributed by atoms with E-state index in [1.54, 1.807) is 41.5 Å². The van der Waals surface area contributed by atoms with Crippen LogP contribution >= 0.6 is 0 Å². The van der Waals surface area contributed by atoms with Crippen LogP contribution in [0.2, 0.25) is 0 Å². The number of nitrogens with zero attached hydrogens (tertiary/aromatic N) is 1. The summed E-state index contributed by atoms with van der Waals surface area (Å²) in [4.78, 5) is 61.1. The third-order valence-corrected chi connectivity index (χ3v) is 3.72. The number of hydrogen-bond donors (Lipinski definition) is 4. The SMILES string of the molecule is CN(C)CCNC(=O)c1cc(C(N)=O)c(ONC(=O)OC(C)(C)C)cc1ONC(=O)OC(C)(C)C. The number of carbonyl (C=O) groups excluding carboxylic acids is 4. The van der Waals surface area contributed by atoms with Gasteiger partial charge in [0, 0.05) is 19.2 Å². The number of ether oxygens (including phenoxy) is 2. The van der Waals surface area contributed by atoms with E-state index < -0.39 is 35.2 Å². The monoisotopic (exact) mass is 497 g/mol. The zero-order chi connectivity index (χ0) is 27.0. The van der Waals surface area contributed by atoms with Gasteiger partial charge in [-0.25, -0.2) is 9.59 Å². The van der Waals surface area contributed by atoms with Gasteiger partial charge in [0.2, 0.25) is 0 Å². The van der Waals surface area contributed by atoms with Crippen molar-refractivity contribution in [2.24, 2.45) is 5.73 Å². The molecule has 0 atom stereocenters. The van der Waals surface area contributed by atoms with Crippen molar-refractivity contribution in [1.82, 2.24) is 21.2 Å². The molecule has 1 rings (SSSR count). The lowest BCUT2D eigenvalue weighted by Gasteiger charge is -2.21. The average Bonchev–Trinajstić information content (AvgIpc) is 2.67. The lowest BCUT2D eigenvalue weighted by Crippen LogP contribution is -2.36. The zero-order valence-electron chi connectivity index (χ0n) is 21.4. The molecule has 35 heavy (non-hydrogen) atoms. The fourth-order valence-electron chi connectivity index (χ4n) is 2.38. The van der Waals surface area contributed by atoms with E-state index in [-0.39, 0.29) is 29.2 Å². The number of hydrogen-bond acceptors (Lipinski definition) is 9. The molecular weight excluding hydrogens is 462 g/mol. The molecule has 0 aliphatic carbocycles. The summed E-state index contributed by atoms with van der Waals surface area (Å²) in [6.45, 7) is 10.8. The van der Waals surface area contributed by atoms with E-state index in [0.717, 1.165) is 12.1 Å². The Morgan fingerprint density at radius 1 is 0.829 bits per heavy atom. The number of nitrogens with two attached hydrogens (primary N) is 1. The second-order valence-corrected chi connectivity index (χ2v) is 9.68. The van der Waals surface area contributed by atoms with Gasteiger partial charge >= 0.3 is 12.2 Å². The second kappa shape index (κ2) is 12.1. The van der Waals surface area contributed by atoms with Crippen LogP contribution in [0, 0.1) is 0 Å². The molecule has 1 aromatic carbocycles. The third-order valence-electron chi connectivity index (χ3n) is 3.72. The molecule has 0 aliphatic rings. The molecular formula is C22H35N5O8. The number of amides is 4. The van der Waals surface area contributed by atoms with E-state index in [4.69, 9.17) is 24.9 Å². The van der Waals surface area contributed by atoms with E-state index in [2.05, 4.69) is 10.8 Å². The molecule has 0 unspecified atom stereocenters. The highest BCUT2D eigenvalue weighted by atomic mass is 16.7. The molecule has 4 amide bonds. The van der Waals surface area contributed by atoms with Crippen molar-refractivity contribution in [2.45, 2.75) is 52.7 Å². The van der Waals surface area contributed by atoms with Gasteiger partial charge in [-0.2, -0.15) is 11.0 Å². The molecule has 0 saturated carbocycles. The lowest BCUT2D eigenvalue weighted by atomic mass is 10.1. The number of primary amides is 1. The summed E-state index contributed by atoms with van der Waals surface area (Å²) in [5, 5.41) is 2.67. The molecule has 0 bridgehead atoms. The predicted octanol–water partition coefficient (Wildman–Crippen LogP) is 1.71. The fraction of sp³-hybridized carbons (Fsp3) is 0.545. The van der Waals surface area contributed by atoms with Gasteiger partial charge in [-0.05, 0) is 61.7 Å². The first kappa shape index (κ1) is 29.3. The summed E-state index contributed by atoms with van der Waals surface area (Å²) in [7, 11) is 3.67. The van der Waals surface area contributed by atoms with Crippen molar-refractivity contribution < 1.29 is 38.3 Å². The molecule has 0 spiro atoms. The maximum Gasteiger partial charge on any atom is 0.441 e. The van der Waals surface area contributed by atoms with Crippen LogP contribution in [0.1, 0.15) is 62.3 Å². The molecule has 0 aliphatic heterocycles. The Bertz CT molecular complexity index is 935. The Hall–Kier alpha value is -3.74. The number of carbonyl (C=O) groups is 4. The maximum absolute atomic E-state index is 12.8. The molecule has 0 saturated heterocycles. The van der Waals surface area contributed by atoms with Crippen molar-refractivity contribution in [1.29, 1.82) is 0 Å². The van der Waals surface area contributed by atoms with E-state index in [1.807, 2.05) is 24.5 Å². The molecule has 0 aromatic heterocycles. The highest BCUT2D eigenvalue weighted by molar-refractivity contribution is 6.02. The summed E-state index contributed by atoms with van der Waals surface area (Å²) in [6, 6.07) is 2.22. The Morgan fingerprint density at radius 2 is 1.29 bits per heavy atom.